The van der Waals surface area contributed by atoms with Gasteiger partial charge in [-0.3, -0.25) is 0 Å². The first-order chi connectivity index (χ1) is 18.0. The largest absolute Gasteiger partial charge is 0.493 e. The lowest BCUT2D eigenvalue weighted by molar-refractivity contribution is -0.194. The van der Waals surface area contributed by atoms with Crippen LogP contribution in [-0.4, -0.2) is 62.1 Å². The Kier molecular flexibility index (Phi) is 6.30. The molecule has 5 rings (SSSR count). The van der Waals surface area contributed by atoms with Crippen molar-refractivity contribution < 1.29 is 48.2 Å². The maximum absolute atomic E-state index is 13.5. The maximum Gasteiger partial charge on any atom is 0.338 e. The zero-order valence-electron chi connectivity index (χ0n) is 22.7. The van der Waals surface area contributed by atoms with E-state index in [1.165, 1.54) is 28.3 Å². The minimum absolute atomic E-state index is 0.00920. The summed E-state index contributed by atoms with van der Waals surface area (Å²) in [5.74, 6) is 0.241. The molecule has 0 aromatic heterocycles. The summed E-state index contributed by atoms with van der Waals surface area (Å²) < 4.78 is 41.2. The van der Waals surface area contributed by atoms with Gasteiger partial charge in [-0.2, -0.15) is 0 Å². The summed E-state index contributed by atoms with van der Waals surface area (Å²) >= 11 is 0. The van der Waals surface area contributed by atoms with E-state index < -0.39 is 35.1 Å². The van der Waals surface area contributed by atoms with Gasteiger partial charge in [0, 0.05) is 22.6 Å². The van der Waals surface area contributed by atoms with Gasteiger partial charge in [0.25, 0.3) is 0 Å². The zero-order valence-corrected chi connectivity index (χ0v) is 22.7. The molecule has 10 heteroatoms. The van der Waals surface area contributed by atoms with Crippen molar-refractivity contribution in [1.82, 2.24) is 0 Å². The highest BCUT2D eigenvalue weighted by Crippen LogP contribution is 2.59. The van der Waals surface area contributed by atoms with Gasteiger partial charge in [-0.1, -0.05) is 13.8 Å². The molecular weight excluding hydrogens is 496 g/mol. The molecule has 38 heavy (non-hydrogen) atoms. The normalized spacial score (nSPS) is 29.7. The molecule has 3 aliphatic rings. The van der Waals surface area contributed by atoms with Crippen molar-refractivity contribution in [3.05, 3.63) is 23.3 Å². The van der Waals surface area contributed by atoms with Gasteiger partial charge in [0.15, 0.2) is 34.7 Å². The lowest BCUT2D eigenvalue weighted by Crippen LogP contribution is -2.49. The number of carbonyl (C=O) groups excluding carboxylic acids is 1. The van der Waals surface area contributed by atoms with Crippen molar-refractivity contribution in [3.8, 4) is 45.6 Å². The first-order valence-corrected chi connectivity index (χ1v) is 12.5. The summed E-state index contributed by atoms with van der Waals surface area (Å²) in [4.78, 5) is 13.5. The molecule has 2 heterocycles. The standard InChI is InChI=1S/C28H34O10/c1-13-8-15-9-18-22(37-12-36-18)24-19(15)20-16(10-17(32-5)21(33-6)23(20)34-7)25(27(13,3)30)38-26(29)28(4,31)14(2)11-35-24/h9-10,13-14,25,30-31H,8,11-12H2,1-7H3/t13-,14-,25+,27-,28-/m0/s1. The van der Waals surface area contributed by atoms with Gasteiger partial charge in [0.05, 0.1) is 27.9 Å². The molecule has 0 radical (unpaired) electrons. The molecule has 0 amide bonds. The van der Waals surface area contributed by atoms with E-state index in [4.69, 9.17) is 33.2 Å². The predicted octanol–water partition coefficient (Wildman–Crippen LogP) is 3.42. The molecule has 5 atom stereocenters. The first kappa shape index (κ1) is 26.2. The molecular formula is C28H34O10. The summed E-state index contributed by atoms with van der Waals surface area (Å²) in [6.45, 7) is 6.54. The van der Waals surface area contributed by atoms with Crippen molar-refractivity contribution in [2.24, 2.45) is 11.8 Å². The van der Waals surface area contributed by atoms with Crippen LogP contribution in [0.25, 0.3) is 11.1 Å². The Morgan fingerprint density at radius 3 is 2.26 bits per heavy atom. The molecule has 10 nitrogen and oxygen atoms in total. The van der Waals surface area contributed by atoms with E-state index in [9.17, 15) is 15.0 Å². The monoisotopic (exact) mass is 530 g/mol. The molecule has 206 valence electrons. The summed E-state index contributed by atoms with van der Waals surface area (Å²) in [5, 5.41) is 23.3. The van der Waals surface area contributed by atoms with Crippen molar-refractivity contribution >= 4 is 5.97 Å². The Morgan fingerprint density at radius 2 is 1.61 bits per heavy atom. The average Bonchev–Trinajstić information content (AvgIpc) is 3.35. The van der Waals surface area contributed by atoms with Crippen LogP contribution in [-0.2, 0) is 16.0 Å². The van der Waals surface area contributed by atoms with Gasteiger partial charge >= 0.3 is 5.97 Å². The molecule has 2 bridgehead atoms. The topological polar surface area (TPSA) is 122 Å². The summed E-state index contributed by atoms with van der Waals surface area (Å²) in [6.07, 6.45) is -0.830. The Morgan fingerprint density at radius 1 is 0.895 bits per heavy atom. The van der Waals surface area contributed by atoms with Crippen LogP contribution >= 0.6 is 0 Å². The number of hydrogen-bond acceptors (Lipinski definition) is 10. The smallest absolute Gasteiger partial charge is 0.338 e. The number of hydrogen-bond donors (Lipinski definition) is 2. The minimum Gasteiger partial charge on any atom is -0.493 e. The number of aliphatic hydroxyl groups is 2. The van der Waals surface area contributed by atoms with Crippen LogP contribution in [0.4, 0.5) is 0 Å². The van der Waals surface area contributed by atoms with Crippen molar-refractivity contribution in [3.63, 3.8) is 0 Å². The fraction of sp³-hybridized carbons (Fsp3) is 0.536. The molecule has 1 aliphatic carbocycles. The van der Waals surface area contributed by atoms with E-state index >= 15 is 0 Å². The highest BCUT2D eigenvalue weighted by atomic mass is 16.7. The fourth-order valence-electron chi connectivity index (χ4n) is 5.37. The van der Waals surface area contributed by atoms with E-state index in [2.05, 4.69) is 0 Å². The van der Waals surface area contributed by atoms with Gasteiger partial charge in [-0.25, -0.2) is 4.79 Å². The SMILES string of the molecule is COc1cc2c(c(OC)c1OC)-c1c3cc4c(c1OC[C@H](C)[C@](C)(O)C(=O)O[C@H]2[C@@](C)(O)[C@@H](C)C3)OCO4. The van der Waals surface area contributed by atoms with E-state index in [1.54, 1.807) is 19.9 Å². The molecule has 0 fully saturated rings. The third-order valence-electron chi connectivity index (χ3n) is 8.22. The van der Waals surface area contributed by atoms with Crippen LogP contribution in [0.1, 0.15) is 44.9 Å². The van der Waals surface area contributed by atoms with Crippen LogP contribution in [0, 0.1) is 11.8 Å². The highest BCUT2D eigenvalue weighted by molar-refractivity contribution is 5.89. The molecule has 0 saturated carbocycles. The average molecular weight is 531 g/mol. The summed E-state index contributed by atoms with van der Waals surface area (Å²) in [5.41, 5.74) is -1.15. The van der Waals surface area contributed by atoms with Crippen LogP contribution in [0.3, 0.4) is 0 Å². The molecule has 0 unspecified atom stereocenters. The molecule has 2 aromatic carbocycles. The Labute approximate surface area is 221 Å². The molecule has 0 saturated heterocycles. The quantitative estimate of drug-likeness (QED) is 0.571. The lowest BCUT2D eigenvalue weighted by atomic mass is 9.73. The summed E-state index contributed by atoms with van der Waals surface area (Å²) in [6, 6.07) is 3.54. The van der Waals surface area contributed by atoms with E-state index in [0.29, 0.717) is 57.6 Å². The van der Waals surface area contributed by atoms with Crippen LogP contribution in [0.2, 0.25) is 0 Å². The van der Waals surface area contributed by atoms with E-state index in [-0.39, 0.29) is 13.4 Å². The van der Waals surface area contributed by atoms with E-state index in [1.807, 2.05) is 13.0 Å². The fourth-order valence-corrected chi connectivity index (χ4v) is 5.37. The third kappa shape index (κ3) is 3.72. The predicted molar refractivity (Wildman–Crippen MR) is 135 cm³/mol. The number of carbonyl (C=O) groups is 1. The molecule has 2 aliphatic heterocycles. The summed E-state index contributed by atoms with van der Waals surface area (Å²) in [7, 11) is 4.47. The first-order valence-electron chi connectivity index (χ1n) is 12.5. The Bertz CT molecular complexity index is 1280. The Hall–Kier alpha value is -3.37. The molecule has 2 N–H and O–H groups in total. The second kappa shape index (κ2) is 9.13. The number of methoxy groups -OCH3 is 3. The minimum atomic E-state index is -1.92. The third-order valence-corrected chi connectivity index (χ3v) is 8.22. The number of benzene rings is 2. The molecule has 0 spiro atoms. The van der Waals surface area contributed by atoms with Crippen molar-refractivity contribution in [2.75, 3.05) is 34.7 Å². The van der Waals surface area contributed by atoms with Gasteiger partial charge in [0.2, 0.25) is 18.3 Å². The Balaban J connectivity index is 1.98. The zero-order chi connectivity index (χ0) is 27.6. The van der Waals surface area contributed by atoms with Crippen LogP contribution < -0.4 is 28.4 Å². The van der Waals surface area contributed by atoms with Gasteiger partial charge in [0.1, 0.15) is 5.60 Å². The number of ether oxygens (including phenoxy) is 7. The van der Waals surface area contributed by atoms with Crippen molar-refractivity contribution in [1.29, 1.82) is 0 Å². The van der Waals surface area contributed by atoms with Crippen LogP contribution in [0.15, 0.2) is 12.1 Å². The second-order valence-electron chi connectivity index (χ2n) is 10.6. The lowest BCUT2D eigenvalue weighted by Gasteiger charge is -2.41. The number of fused-ring (bicyclic) bond motifs is 2. The number of esters is 1. The van der Waals surface area contributed by atoms with Crippen molar-refractivity contribution in [2.45, 2.75) is 51.4 Å². The van der Waals surface area contributed by atoms with E-state index in [0.717, 1.165) is 5.56 Å². The van der Waals surface area contributed by atoms with Gasteiger partial charge < -0.3 is 43.4 Å². The van der Waals surface area contributed by atoms with Crippen LogP contribution in [0.5, 0.6) is 34.5 Å². The number of rotatable bonds is 3. The van der Waals surface area contributed by atoms with Gasteiger partial charge in [-0.05, 0) is 43.9 Å². The second-order valence-corrected chi connectivity index (χ2v) is 10.6. The van der Waals surface area contributed by atoms with Gasteiger partial charge in [-0.15, -0.1) is 0 Å². The maximum atomic E-state index is 13.5. The highest BCUT2D eigenvalue weighted by Gasteiger charge is 2.50. The molecule has 2 aromatic rings.